The highest BCUT2D eigenvalue weighted by Crippen LogP contribution is 2.21. The molecule has 0 fully saturated rings. The maximum atomic E-state index is 5.12. The molecule has 1 aromatic heterocycles. The smallest absolute Gasteiger partial charge is 0.223 e. The van der Waals surface area contributed by atoms with E-state index in [0.29, 0.717) is 5.88 Å². The minimum absolute atomic E-state index is 0.636. The number of allylic oxidation sites excluding steroid dienone is 2. The Morgan fingerprint density at radius 1 is 1.62 bits per heavy atom. The second-order valence-electron chi connectivity index (χ2n) is 2.74. The van der Waals surface area contributed by atoms with Crippen molar-refractivity contribution in [1.29, 1.82) is 0 Å². The summed E-state index contributed by atoms with van der Waals surface area (Å²) in [7, 11) is 1.62. The molecule has 0 aromatic carbocycles. The third kappa shape index (κ3) is 2.28. The predicted octanol–water partition coefficient (Wildman–Crippen LogP) is 2.30. The lowest BCUT2D eigenvalue weighted by molar-refractivity contribution is 0.395. The number of ether oxygens (including phenoxy) is 1. The second-order valence-corrected chi connectivity index (χ2v) is 2.74. The van der Waals surface area contributed by atoms with E-state index in [0.717, 1.165) is 17.6 Å². The van der Waals surface area contributed by atoms with E-state index < -0.39 is 0 Å². The summed E-state index contributed by atoms with van der Waals surface area (Å²) in [4.78, 5) is 7.99. The highest BCUT2D eigenvalue weighted by Gasteiger charge is 2.04. The van der Waals surface area contributed by atoms with Crippen LogP contribution in [0.15, 0.2) is 18.6 Å². The molecule has 0 aliphatic heterocycles. The Balaban J connectivity index is 3.05. The summed E-state index contributed by atoms with van der Waals surface area (Å²) in [5.74, 6) is 0.636. The van der Waals surface area contributed by atoms with Crippen LogP contribution in [0.5, 0.6) is 5.88 Å². The van der Waals surface area contributed by atoms with E-state index >= 15 is 0 Å². The van der Waals surface area contributed by atoms with Gasteiger partial charge >= 0.3 is 0 Å². The Morgan fingerprint density at radius 2 is 2.38 bits per heavy atom. The van der Waals surface area contributed by atoms with E-state index in [2.05, 4.69) is 23.0 Å². The van der Waals surface area contributed by atoms with E-state index in [4.69, 9.17) is 4.74 Å². The molecular weight excluding hydrogens is 164 g/mol. The molecule has 0 unspecified atom stereocenters. The van der Waals surface area contributed by atoms with E-state index in [9.17, 15) is 0 Å². The van der Waals surface area contributed by atoms with Crippen LogP contribution in [0.2, 0.25) is 0 Å². The van der Waals surface area contributed by atoms with Gasteiger partial charge in [0.05, 0.1) is 12.7 Å². The molecular formula is C10H14N2O. The quantitative estimate of drug-likeness (QED) is 0.712. The lowest BCUT2D eigenvalue weighted by Gasteiger charge is -2.05. The van der Waals surface area contributed by atoms with Crippen LogP contribution in [0.25, 0.3) is 5.57 Å². The maximum absolute atomic E-state index is 5.12. The average molecular weight is 178 g/mol. The summed E-state index contributed by atoms with van der Waals surface area (Å²) in [6.45, 7) is 4.13. The fraction of sp³-hybridized carbons (Fsp3) is 0.400. The van der Waals surface area contributed by atoms with Gasteiger partial charge < -0.3 is 4.74 Å². The minimum atomic E-state index is 0.636. The number of nitrogens with zero attached hydrogens (tertiary/aromatic N) is 2. The lowest BCUT2D eigenvalue weighted by atomic mass is 10.1. The van der Waals surface area contributed by atoms with Crippen molar-refractivity contribution in [2.45, 2.75) is 20.3 Å². The van der Waals surface area contributed by atoms with Crippen LogP contribution in [0.3, 0.4) is 0 Å². The molecule has 1 heterocycles. The zero-order valence-corrected chi connectivity index (χ0v) is 8.24. The average Bonchev–Trinajstić information content (AvgIpc) is 2.18. The summed E-state index contributed by atoms with van der Waals surface area (Å²) in [5.41, 5.74) is 2.12. The standard InChI is InChI=1S/C10H14N2O/c1-4-5-8(2)9-6-11-7-12-10(9)13-3/h5-7H,4H2,1-3H3/b8-5-. The van der Waals surface area contributed by atoms with Crippen LogP contribution < -0.4 is 4.74 Å². The van der Waals surface area contributed by atoms with Gasteiger partial charge in [-0.05, 0) is 18.9 Å². The molecule has 0 N–H and O–H groups in total. The van der Waals surface area contributed by atoms with E-state index in [1.807, 2.05) is 6.92 Å². The molecule has 0 aliphatic rings. The normalized spacial score (nSPS) is 11.5. The summed E-state index contributed by atoms with van der Waals surface area (Å²) < 4.78 is 5.12. The van der Waals surface area contributed by atoms with Gasteiger partial charge in [-0.2, -0.15) is 0 Å². The van der Waals surface area contributed by atoms with E-state index in [-0.39, 0.29) is 0 Å². The summed E-state index contributed by atoms with van der Waals surface area (Å²) in [6, 6.07) is 0. The molecule has 0 saturated heterocycles. The molecule has 1 aromatic rings. The molecule has 13 heavy (non-hydrogen) atoms. The fourth-order valence-electron chi connectivity index (χ4n) is 1.17. The molecule has 0 bridgehead atoms. The molecule has 0 amide bonds. The van der Waals surface area contributed by atoms with Gasteiger partial charge in [0.1, 0.15) is 6.33 Å². The summed E-state index contributed by atoms with van der Waals surface area (Å²) in [6.07, 6.45) is 6.39. The van der Waals surface area contributed by atoms with Crippen LogP contribution >= 0.6 is 0 Å². The van der Waals surface area contributed by atoms with Crippen molar-refractivity contribution in [3.63, 3.8) is 0 Å². The van der Waals surface area contributed by atoms with Gasteiger partial charge in [0, 0.05) is 6.20 Å². The van der Waals surface area contributed by atoms with Crippen LogP contribution in [0, 0.1) is 0 Å². The van der Waals surface area contributed by atoms with Crippen LogP contribution in [0.4, 0.5) is 0 Å². The highest BCUT2D eigenvalue weighted by molar-refractivity contribution is 5.66. The van der Waals surface area contributed by atoms with Crippen molar-refractivity contribution in [3.05, 3.63) is 24.2 Å². The molecule has 1 rings (SSSR count). The van der Waals surface area contributed by atoms with Crippen LogP contribution in [0.1, 0.15) is 25.8 Å². The zero-order valence-electron chi connectivity index (χ0n) is 8.24. The van der Waals surface area contributed by atoms with Crippen molar-refractivity contribution < 1.29 is 4.74 Å². The summed E-state index contributed by atoms with van der Waals surface area (Å²) in [5, 5.41) is 0. The SMILES string of the molecule is CC/C=C(/C)c1cncnc1OC. The lowest BCUT2D eigenvalue weighted by Crippen LogP contribution is -1.94. The molecule has 3 heteroatoms. The van der Waals surface area contributed by atoms with Gasteiger partial charge in [-0.25, -0.2) is 9.97 Å². The Bertz CT molecular complexity index is 308. The van der Waals surface area contributed by atoms with Crippen molar-refractivity contribution in [1.82, 2.24) is 9.97 Å². The van der Waals surface area contributed by atoms with Gasteiger partial charge in [0.25, 0.3) is 0 Å². The first kappa shape index (κ1) is 9.71. The topological polar surface area (TPSA) is 35.0 Å². The summed E-state index contributed by atoms with van der Waals surface area (Å²) >= 11 is 0. The third-order valence-corrected chi connectivity index (χ3v) is 1.80. The number of rotatable bonds is 3. The maximum Gasteiger partial charge on any atom is 0.223 e. The molecule has 3 nitrogen and oxygen atoms in total. The van der Waals surface area contributed by atoms with Crippen molar-refractivity contribution in [2.75, 3.05) is 7.11 Å². The van der Waals surface area contributed by atoms with E-state index in [1.54, 1.807) is 13.3 Å². The first-order valence-corrected chi connectivity index (χ1v) is 4.30. The molecule has 70 valence electrons. The monoisotopic (exact) mass is 178 g/mol. The van der Waals surface area contributed by atoms with Gasteiger partial charge in [-0.1, -0.05) is 13.0 Å². The molecule has 0 aliphatic carbocycles. The first-order chi connectivity index (χ1) is 6.29. The number of hydrogen-bond acceptors (Lipinski definition) is 3. The van der Waals surface area contributed by atoms with Crippen LogP contribution in [-0.4, -0.2) is 17.1 Å². The highest BCUT2D eigenvalue weighted by atomic mass is 16.5. The van der Waals surface area contributed by atoms with Crippen LogP contribution in [-0.2, 0) is 0 Å². The van der Waals surface area contributed by atoms with Gasteiger partial charge in [0.15, 0.2) is 0 Å². The van der Waals surface area contributed by atoms with Gasteiger partial charge in [-0.3, -0.25) is 0 Å². The third-order valence-electron chi connectivity index (χ3n) is 1.80. The number of methoxy groups -OCH3 is 1. The minimum Gasteiger partial charge on any atom is -0.480 e. The molecule has 0 atom stereocenters. The Hall–Kier alpha value is -1.38. The largest absolute Gasteiger partial charge is 0.480 e. The van der Waals surface area contributed by atoms with Gasteiger partial charge in [0.2, 0.25) is 5.88 Å². The first-order valence-electron chi connectivity index (χ1n) is 4.30. The predicted molar refractivity (Wildman–Crippen MR) is 52.5 cm³/mol. The Labute approximate surface area is 78.5 Å². The molecule has 0 radical (unpaired) electrons. The number of hydrogen-bond donors (Lipinski definition) is 0. The number of aromatic nitrogens is 2. The Morgan fingerprint density at radius 3 is 3.00 bits per heavy atom. The van der Waals surface area contributed by atoms with Crippen molar-refractivity contribution >= 4 is 5.57 Å². The second kappa shape index (κ2) is 4.60. The molecule has 0 saturated carbocycles. The zero-order chi connectivity index (χ0) is 9.68. The van der Waals surface area contributed by atoms with Crippen molar-refractivity contribution in [2.24, 2.45) is 0 Å². The fourth-order valence-corrected chi connectivity index (χ4v) is 1.17. The van der Waals surface area contributed by atoms with Crippen molar-refractivity contribution in [3.8, 4) is 5.88 Å². The van der Waals surface area contributed by atoms with Gasteiger partial charge in [-0.15, -0.1) is 0 Å². The molecule has 0 spiro atoms. The Kier molecular flexibility index (Phi) is 3.43. The van der Waals surface area contributed by atoms with E-state index in [1.165, 1.54) is 6.33 Å².